The van der Waals surface area contributed by atoms with Gasteiger partial charge in [-0.2, -0.15) is 0 Å². The molecular weight excluding hydrogens is 1160 g/mol. The topological polar surface area (TPSA) is 237 Å². The number of rotatable bonds is 69. The Morgan fingerprint density at radius 2 is 0.523 bits per heavy atom. The van der Waals surface area contributed by atoms with E-state index in [9.17, 15) is 43.2 Å². The Bertz CT molecular complexity index is 1700. The molecule has 0 fully saturated rings. The predicted molar refractivity (Wildman–Crippen MR) is 354 cm³/mol. The van der Waals surface area contributed by atoms with Crippen molar-refractivity contribution in [1.82, 2.24) is 0 Å². The summed E-state index contributed by atoms with van der Waals surface area (Å²) in [5, 5.41) is 10.6. The van der Waals surface area contributed by atoms with E-state index in [-0.39, 0.29) is 25.7 Å². The molecule has 0 rings (SSSR count). The van der Waals surface area contributed by atoms with E-state index < -0.39 is 97.5 Å². The van der Waals surface area contributed by atoms with Gasteiger partial charge in [0.1, 0.15) is 19.3 Å². The summed E-state index contributed by atoms with van der Waals surface area (Å²) in [6.45, 7) is 7.21. The SMILES string of the molecule is CCCCCCCCCCCCCCCCC(=O)OC[C@H](COP(=O)(O)OC[C@@H](O)COP(=O)(O)OC[C@@H](COC(=O)CCCCCCCCCC)OC(=O)CCCCCCCCCC)OC(=O)CCCCCCCCCCCCCCCCCC(C)C. The van der Waals surface area contributed by atoms with Crippen LogP contribution in [-0.2, 0) is 65.4 Å². The molecule has 88 heavy (non-hydrogen) atoms. The molecule has 3 N–H and O–H groups in total. The molecule has 0 saturated carbocycles. The van der Waals surface area contributed by atoms with Gasteiger partial charge in [0.25, 0.3) is 0 Å². The highest BCUT2D eigenvalue weighted by Crippen LogP contribution is 2.45. The molecule has 0 aliphatic heterocycles. The molecule has 0 saturated heterocycles. The highest BCUT2D eigenvalue weighted by molar-refractivity contribution is 7.47. The first-order valence-corrected chi connectivity index (χ1v) is 39.1. The third-order valence-corrected chi connectivity index (χ3v) is 17.9. The number of unbranched alkanes of at least 4 members (excludes halogenated alkanes) is 41. The van der Waals surface area contributed by atoms with E-state index >= 15 is 0 Å². The lowest BCUT2D eigenvalue weighted by molar-refractivity contribution is -0.161. The lowest BCUT2D eigenvalue weighted by Gasteiger charge is -2.21. The number of carbonyl (C=O) groups excluding carboxylic acids is 4. The molecular formula is C69H134O17P2. The van der Waals surface area contributed by atoms with Crippen molar-refractivity contribution in [1.29, 1.82) is 0 Å². The Kier molecular flexibility index (Phi) is 61.1. The van der Waals surface area contributed by atoms with Crippen LogP contribution < -0.4 is 0 Å². The number of hydrogen-bond donors (Lipinski definition) is 3. The first-order valence-electron chi connectivity index (χ1n) is 36.1. The Balaban J connectivity index is 5.18. The smallest absolute Gasteiger partial charge is 0.462 e. The summed E-state index contributed by atoms with van der Waals surface area (Å²) in [5.74, 6) is -1.33. The number of aliphatic hydroxyl groups is 1. The number of phosphoric ester groups is 2. The second kappa shape index (κ2) is 62.5. The second-order valence-electron chi connectivity index (χ2n) is 25.4. The Morgan fingerprint density at radius 1 is 0.307 bits per heavy atom. The van der Waals surface area contributed by atoms with Gasteiger partial charge in [-0.05, 0) is 31.6 Å². The third-order valence-electron chi connectivity index (χ3n) is 16.0. The van der Waals surface area contributed by atoms with Crippen LogP contribution in [0.25, 0.3) is 0 Å². The van der Waals surface area contributed by atoms with E-state index in [4.69, 9.17) is 37.0 Å². The fourth-order valence-corrected chi connectivity index (χ4v) is 12.0. The zero-order valence-electron chi connectivity index (χ0n) is 56.9. The van der Waals surface area contributed by atoms with Gasteiger partial charge < -0.3 is 33.8 Å². The van der Waals surface area contributed by atoms with Crippen LogP contribution in [0.4, 0.5) is 0 Å². The minimum absolute atomic E-state index is 0.105. The summed E-state index contributed by atoms with van der Waals surface area (Å²) < 4.78 is 68.1. The van der Waals surface area contributed by atoms with Crippen molar-refractivity contribution < 1.29 is 80.2 Å². The van der Waals surface area contributed by atoms with E-state index in [0.717, 1.165) is 109 Å². The summed E-state index contributed by atoms with van der Waals surface area (Å²) >= 11 is 0. The van der Waals surface area contributed by atoms with Gasteiger partial charge in [-0.3, -0.25) is 37.3 Å². The van der Waals surface area contributed by atoms with Crippen LogP contribution >= 0.6 is 15.6 Å². The summed E-state index contributed by atoms with van der Waals surface area (Å²) in [6, 6.07) is 0. The molecule has 0 aromatic carbocycles. The van der Waals surface area contributed by atoms with Crippen LogP contribution in [0.15, 0.2) is 0 Å². The molecule has 0 aliphatic rings. The lowest BCUT2D eigenvalue weighted by atomic mass is 10.0. The van der Waals surface area contributed by atoms with E-state index in [0.29, 0.717) is 25.7 Å². The summed E-state index contributed by atoms with van der Waals surface area (Å²) in [5.41, 5.74) is 0. The Labute approximate surface area is 537 Å². The molecule has 522 valence electrons. The monoisotopic (exact) mass is 1300 g/mol. The second-order valence-corrected chi connectivity index (χ2v) is 28.3. The van der Waals surface area contributed by atoms with Crippen molar-refractivity contribution in [3.63, 3.8) is 0 Å². The van der Waals surface area contributed by atoms with E-state index in [1.807, 2.05) is 0 Å². The fourth-order valence-electron chi connectivity index (χ4n) is 10.5. The zero-order chi connectivity index (χ0) is 64.9. The molecule has 0 aromatic heterocycles. The highest BCUT2D eigenvalue weighted by atomic mass is 31.2. The quantitative estimate of drug-likeness (QED) is 0.0222. The molecule has 0 radical (unpaired) electrons. The largest absolute Gasteiger partial charge is 0.472 e. The predicted octanol–water partition coefficient (Wildman–Crippen LogP) is 19.7. The molecule has 0 heterocycles. The molecule has 0 spiro atoms. The first kappa shape index (κ1) is 86.1. The van der Waals surface area contributed by atoms with Crippen LogP contribution in [0.2, 0.25) is 0 Å². The molecule has 19 heteroatoms. The van der Waals surface area contributed by atoms with Gasteiger partial charge in [0.2, 0.25) is 0 Å². The number of ether oxygens (including phenoxy) is 4. The Hall–Kier alpha value is -1.94. The minimum Gasteiger partial charge on any atom is -0.462 e. The van der Waals surface area contributed by atoms with Crippen LogP contribution in [-0.4, -0.2) is 96.7 Å². The van der Waals surface area contributed by atoms with Crippen LogP contribution in [0.3, 0.4) is 0 Å². The van der Waals surface area contributed by atoms with Crippen molar-refractivity contribution >= 4 is 39.5 Å². The number of aliphatic hydroxyl groups excluding tert-OH is 1. The van der Waals surface area contributed by atoms with Crippen molar-refractivity contribution in [2.24, 2.45) is 5.92 Å². The number of phosphoric acid groups is 2. The molecule has 5 atom stereocenters. The summed E-state index contributed by atoms with van der Waals surface area (Å²) in [7, 11) is -9.89. The van der Waals surface area contributed by atoms with Gasteiger partial charge in [0, 0.05) is 25.7 Å². The number of carbonyl (C=O) groups is 4. The van der Waals surface area contributed by atoms with Gasteiger partial charge in [0.15, 0.2) is 12.2 Å². The van der Waals surface area contributed by atoms with Crippen molar-refractivity contribution in [2.45, 2.75) is 374 Å². The molecule has 0 bridgehead atoms. The maximum Gasteiger partial charge on any atom is 0.472 e. The van der Waals surface area contributed by atoms with E-state index in [1.165, 1.54) is 167 Å². The fraction of sp³-hybridized carbons (Fsp3) is 0.942. The molecule has 0 aromatic rings. The molecule has 17 nitrogen and oxygen atoms in total. The average molecular weight is 1300 g/mol. The molecule has 0 aliphatic carbocycles. The highest BCUT2D eigenvalue weighted by Gasteiger charge is 2.30. The normalized spacial score (nSPS) is 14.1. The zero-order valence-corrected chi connectivity index (χ0v) is 58.6. The van der Waals surface area contributed by atoms with Crippen LogP contribution in [0, 0.1) is 5.92 Å². The van der Waals surface area contributed by atoms with Crippen molar-refractivity contribution in [3.8, 4) is 0 Å². The van der Waals surface area contributed by atoms with Crippen LogP contribution in [0.1, 0.15) is 356 Å². The van der Waals surface area contributed by atoms with Crippen molar-refractivity contribution in [2.75, 3.05) is 39.6 Å². The maximum absolute atomic E-state index is 13.0. The number of esters is 4. The van der Waals surface area contributed by atoms with E-state index in [2.05, 4.69) is 34.6 Å². The first-order chi connectivity index (χ1) is 42.5. The maximum atomic E-state index is 13.0. The number of hydrogen-bond acceptors (Lipinski definition) is 15. The molecule has 0 amide bonds. The van der Waals surface area contributed by atoms with Gasteiger partial charge >= 0.3 is 39.5 Å². The molecule has 2 unspecified atom stereocenters. The Morgan fingerprint density at radius 3 is 0.773 bits per heavy atom. The van der Waals surface area contributed by atoms with Gasteiger partial charge in [-0.15, -0.1) is 0 Å². The summed E-state index contributed by atoms with van der Waals surface area (Å²) in [6.07, 6.45) is 48.7. The van der Waals surface area contributed by atoms with Gasteiger partial charge in [0.05, 0.1) is 26.4 Å². The van der Waals surface area contributed by atoms with Gasteiger partial charge in [-0.25, -0.2) is 9.13 Å². The van der Waals surface area contributed by atoms with Gasteiger partial charge in [-0.1, -0.05) is 304 Å². The van der Waals surface area contributed by atoms with Crippen molar-refractivity contribution in [3.05, 3.63) is 0 Å². The average Bonchev–Trinajstić information content (AvgIpc) is 3.68. The lowest BCUT2D eigenvalue weighted by Crippen LogP contribution is -2.30. The van der Waals surface area contributed by atoms with E-state index in [1.54, 1.807) is 0 Å². The standard InChI is InChI=1S/C69H134O17P2/c1-6-9-12-15-18-21-22-23-28-31-34-39-43-48-53-67(72)80-59-65(86-69(74)55-50-45-40-35-32-29-26-24-25-27-30-33-36-41-46-51-62(4)5)61-84-88(77,78)82-57-63(70)56-81-87(75,76)83-60-64(85-68(73)54-49-44-38-20-17-14-11-8-3)58-79-66(71)52-47-42-37-19-16-13-10-7-2/h62-65,70H,6-61H2,1-5H3,(H,75,76)(H,77,78)/t63-,64+,65+/m0/s1. The third kappa shape index (κ3) is 62.8. The van der Waals surface area contributed by atoms with Crippen LogP contribution in [0.5, 0.6) is 0 Å². The minimum atomic E-state index is -4.95. The summed E-state index contributed by atoms with van der Waals surface area (Å²) in [4.78, 5) is 72.3.